The van der Waals surface area contributed by atoms with Gasteiger partial charge in [0.15, 0.2) is 11.5 Å². The van der Waals surface area contributed by atoms with Gasteiger partial charge in [0.05, 0.1) is 13.2 Å². The first-order valence-electron chi connectivity index (χ1n) is 9.52. The number of anilines is 2. The molecule has 4 rings (SSSR count). The Hall–Kier alpha value is -3.00. The summed E-state index contributed by atoms with van der Waals surface area (Å²) in [5, 5.41) is 16.1. The maximum atomic E-state index is 12.5. The molecule has 1 N–H and O–H groups in total. The summed E-state index contributed by atoms with van der Waals surface area (Å²) < 4.78 is 7.14. The largest absolute Gasteiger partial charge is 0.378 e. The molecule has 1 aromatic carbocycles. The number of aryl methyl sites for hydroxylation is 3. The number of para-hydroxylation sites is 1. The van der Waals surface area contributed by atoms with Crippen LogP contribution in [-0.4, -0.2) is 52.0 Å². The molecule has 8 nitrogen and oxygen atoms in total. The summed E-state index contributed by atoms with van der Waals surface area (Å²) in [4.78, 5) is 14.6. The molecule has 0 aliphatic carbocycles. The SMILES string of the molecule is Cc1cccc(C)c1NC(=O)CCc1nnc2ccc(N3CCOCC3)nn12. The highest BCUT2D eigenvalue weighted by Crippen LogP contribution is 2.20. The third-order valence-corrected chi connectivity index (χ3v) is 4.97. The van der Waals surface area contributed by atoms with Crippen LogP contribution in [0.1, 0.15) is 23.4 Å². The molecule has 1 fully saturated rings. The molecule has 0 unspecified atom stereocenters. The van der Waals surface area contributed by atoms with E-state index >= 15 is 0 Å². The van der Waals surface area contributed by atoms with E-state index in [2.05, 4.69) is 25.5 Å². The Morgan fingerprint density at radius 1 is 1.11 bits per heavy atom. The van der Waals surface area contributed by atoms with Gasteiger partial charge in [-0.25, -0.2) is 0 Å². The molecule has 3 heterocycles. The molecule has 1 aliphatic rings. The van der Waals surface area contributed by atoms with Crippen LogP contribution in [0.4, 0.5) is 11.5 Å². The summed E-state index contributed by atoms with van der Waals surface area (Å²) >= 11 is 0. The van der Waals surface area contributed by atoms with Crippen LogP contribution in [0.25, 0.3) is 5.65 Å². The van der Waals surface area contributed by atoms with E-state index in [9.17, 15) is 4.79 Å². The number of nitrogens with one attached hydrogen (secondary N) is 1. The van der Waals surface area contributed by atoms with Gasteiger partial charge >= 0.3 is 0 Å². The van der Waals surface area contributed by atoms with Crippen molar-refractivity contribution in [3.63, 3.8) is 0 Å². The number of carbonyl (C=O) groups excluding carboxylic acids is 1. The molecule has 1 amide bonds. The molecule has 8 heteroatoms. The molecule has 0 atom stereocenters. The van der Waals surface area contributed by atoms with E-state index in [-0.39, 0.29) is 5.91 Å². The molecule has 3 aromatic rings. The Kier molecular flexibility index (Phi) is 5.21. The van der Waals surface area contributed by atoms with Gasteiger partial charge in [0.2, 0.25) is 5.91 Å². The summed E-state index contributed by atoms with van der Waals surface area (Å²) in [5.74, 6) is 1.51. The normalized spacial score (nSPS) is 14.4. The van der Waals surface area contributed by atoms with Crippen LogP contribution in [0.5, 0.6) is 0 Å². The molecule has 2 aromatic heterocycles. The van der Waals surface area contributed by atoms with Crippen molar-refractivity contribution in [1.82, 2.24) is 19.8 Å². The summed E-state index contributed by atoms with van der Waals surface area (Å²) in [6, 6.07) is 9.83. The van der Waals surface area contributed by atoms with Crippen LogP contribution in [0.2, 0.25) is 0 Å². The maximum absolute atomic E-state index is 12.5. The van der Waals surface area contributed by atoms with Crippen molar-refractivity contribution in [3.8, 4) is 0 Å². The average molecular weight is 380 g/mol. The van der Waals surface area contributed by atoms with Crippen molar-refractivity contribution in [1.29, 1.82) is 0 Å². The lowest BCUT2D eigenvalue weighted by Crippen LogP contribution is -2.37. The second kappa shape index (κ2) is 7.93. The van der Waals surface area contributed by atoms with Crippen molar-refractivity contribution >= 4 is 23.1 Å². The lowest BCUT2D eigenvalue weighted by molar-refractivity contribution is -0.116. The zero-order chi connectivity index (χ0) is 19.5. The Morgan fingerprint density at radius 3 is 2.61 bits per heavy atom. The zero-order valence-corrected chi connectivity index (χ0v) is 16.2. The molecule has 1 aliphatic heterocycles. The van der Waals surface area contributed by atoms with Crippen LogP contribution < -0.4 is 10.2 Å². The predicted octanol–water partition coefficient (Wildman–Crippen LogP) is 2.15. The van der Waals surface area contributed by atoms with Gasteiger partial charge < -0.3 is 15.0 Å². The number of benzene rings is 1. The quantitative estimate of drug-likeness (QED) is 0.730. The molecular formula is C20H24N6O2. The second-order valence-corrected chi connectivity index (χ2v) is 6.99. The first-order valence-corrected chi connectivity index (χ1v) is 9.52. The lowest BCUT2D eigenvalue weighted by atomic mass is 10.1. The number of rotatable bonds is 5. The number of fused-ring (bicyclic) bond motifs is 1. The minimum atomic E-state index is -0.0431. The molecule has 0 bridgehead atoms. The van der Waals surface area contributed by atoms with Gasteiger partial charge in [-0.3, -0.25) is 4.79 Å². The number of hydrogen-bond acceptors (Lipinski definition) is 6. The fourth-order valence-electron chi connectivity index (χ4n) is 3.38. The van der Waals surface area contributed by atoms with E-state index in [4.69, 9.17) is 4.74 Å². The minimum Gasteiger partial charge on any atom is -0.378 e. The molecule has 0 saturated carbocycles. The summed E-state index contributed by atoms with van der Waals surface area (Å²) in [6.07, 6.45) is 0.787. The van der Waals surface area contributed by atoms with Gasteiger partial charge in [0.25, 0.3) is 0 Å². The van der Waals surface area contributed by atoms with E-state index < -0.39 is 0 Å². The highest BCUT2D eigenvalue weighted by Gasteiger charge is 2.16. The van der Waals surface area contributed by atoms with Crippen LogP contribution in [0.3, 0.4) is 0 Å². The third kappa shape index (κ3) is 3.82. The first kappa shape index (κ1) is 18.4. The fourth-order valence-corrected chi connectivity index (χ4v) is 3.38. The molecule has 0 spiro atoms. The Balaban J connectivity index is 1.46. The van der Waals surface area contributed by atoms with Crippen molar-refractivity contribution in [2.24, 2.45) is 0 Å². The molecule has 0 radical (unpaired) electrons. The molecule has 1 saturated heterocycles. The Morgan fingerprint density at radius 2 is 1.86 bits per heavy atom. The molecule has 28 heavy (non-hydrogen) atoms. The fraction of sp³-hybridized carbons (Fsp3) is 0.400. The average Bonchev–Trinajstić information content (AvgIpc) is 3.12. The minimum absolute atomic E-state index is 0.0431. The van der Waals surface area contributed by atoms with Gasteiger partial charge in [0.1, 0.15) is 5.82 Å². The van der Waals surface area contributed by atoms with Gasteiger partial charge in [-0.05, 0) is 37.1 Å². The first-order chi connectivity index (χ1) is 13.6. The number of amides is 1. The van der Waals surface area contributed by atoms with E-state index in [0.29, 0.717) is 37.5 Å². The van der Waals surface area contributed by atoms with E-state index in [1.165, 1.54) is 0 Å². The standard InChI is InChI=1S/C20H24N6O2/c1-14-4-3-5-15(2)20(14)21-19(27)9-8-17-23-22-16-6-7-18(24-26(16)17)25-10-12-28-13-11-25/h3-7H,8-13H2,1-2H3,(H,21,27). The van der Waals surface area contributed by atoms with E-state index in [1.54, 1.807) is 4.52 Å². The van der Waals surface area contributed by atoms with Crippen molar-refractivity contribution in [2.45, 2.75) is 26.7 Å². The second-order valence-electron chi connectivity index (χ2n) is 6.99. The predicted molar refractivity (Wildman–Crippen MR) is 107 cm³/mol. The van der Waals surface area contributed by atoms with Gasteiger partial charge in [-0.1, -0.05) is 18.2 Å². The number of carbonyl (C=O) groups is 1. The summed E-state index contributed by atoms with van der Waals surface area (Å²) in [7, 11) is 0. The smallest absolute Gasteiger partial charge is 0.224 e. The van der Waals surface area contributed by atoms with E-state index in [1.807, 2.05) is 44.2 Å². The Labute approximate surface area is 163 Å². The zero-order valence-electron chi connectivity index (χ0n) is 16.2. The summed E-state index contributed by atoms with van der Waals surface area (Å²) in [6.45, 7) is 7.01. The highest BCUT2D eigenvalue weighted by molar-refractivity contribution is 5.92. The number of morpholine rings is 1. The van der Waals surface area contributed by atoms with Crippen LogP contribution in [0, 0.1) is 13.8 Å². The number of aromatic nitrogens is 4. The van der Waals surface area contributed by atoms with Crippen LogP contribution in [0.15, 0.2) is 30.3 Å². The van der Waals surface area contributed by atoms with Gasteiger partial charge in [-0.2, -0.15) is 4.52 Å². The highest BCUT2D eigenvalue weighted by atomic mass is 16.5. The monoisotopic (exact) mass is 380 g/mol. The number of ether oxygens (including phenoxy) is 1. The van der Waals surface area contributed by atoms with Crippen LogP contribution in [-0.2, 0) is 16.0 Å². The number of hydrogen-bond donors (Lipinski definition) is 1. The summed E-state index contributed by atoms with van der Waals surface area (Å²) in [5.41, 5.74) is 3.67. The van der Waals surface area contributed by atoms with E-state index in [0.717, 1.165) is 35.7 Å². The topological polar surface area (TPSA) is 84.7 Å². The van der Waals surface area contributed by atoms with Crippen molar-refractivity contribution in [3.05, 3.63) is 47.3 Å². The van der Waals surface area contributed by atoms with Gasteiger partial charge in [-0.15, -0.1) is 15.3 Å². The molecular weight excluding hydrogens is 356 g/mol. The van der Waals surface area contributed by atoms with Gasteiger partial charge in [0, 0.05) is 31.6 Å². The van der Waals surface area contributed by atoms with Crippen molar-refractivity contribution in [2.75, 3.05) is 36.5 Å². The maximum Gasteiger partial charge on any atom is 0.224 e. The number of nitrogens with zero attached hydrogens (tertiary/aromatic N) is 5. The van der Waals surface area contributed by atoms with Crippen molar-refractivity contribution < 1.29 is 9.53 Å². The molecule has 146 valence electrons. The third-order valence-electron chi connectivity index (χ3n) is 4.97. The Bertz CT molecular complexity index is 973. The lowest BCUT2D eigenvalue weighted by Gasteiger charge is -2.27. The van der Waals surface area contributed by atoms with Crippen LogP contribution >= 0.6 is 0 Å².